The predicted octanol–water partition coefficient (Wildman–Crippen LogP) is 3.13. The lowest BCUT2D eigenvalue weighted by molar-refractivity contribution is -0.113. The lowest BCUT2D eigenvalue weighted by Gasteiger charge is -2.07. The summed E-state index contributed by atoms with van der Waals surface area (Å²) in [4.78, 5) is 12.0. The topological polar surface area (TPSA) is 95.1 Å². The Bertz CT molecular complexity index is 966. The van der Waals surface area contributed by atoms with E-state index in [4.69, 9.17) is 5.84 Å². The fourth-order valence-corrected chi connectivity index (χ4v) is 2.91. The van der Waals surface area contributed by atoms with Gasteiger partial charge in [-0.05, 0) is 42.5 Å². The third-order valence-electron chi connectivity index (χ3n) is 3.44. The molecule has 3 aromatic rings. The molecule has 0 saturated carbocycles. The second-order valence-electron chi connectivity index (χ2n) is 5.43. The Morgan fingerprint density at radius 3 is 2.64 bits per heavy atom. The summed E-state index contributed by atoms with van der Waals surface area (Å²) in [6.07, 6.45) is 0. The number of amides is 1. The van der Waals surface area contributed by atoms with Gasteiger partial charge in [0.25, 0.3) is 0 Å². The van der Waals surface area contributed by atoms with Crippen molar-refractivity contribution in [2.24, 2.45) is 0 Å². The molecule has 0 spiro atoms. The first-order valence-corrected chi connectivity index (χ1v) is 8.85. The van der Waals surface area contributed by atoms with Gasteiger partial charge in [-0.25, -0.2) is 9.07 Å². The Morgan fingerprint density at radius 1 is 1.21 bits per heavy atom. The van der Waals surface area contributed by atoms with E-state index < -0.39 is 12.4 Å². The summed E-state index contributed by atoms with van der Waals surface area (Å²) in [5, 5.41) is 10.7. The van der Waals surface area contributed by atoms with Gasteiger partial charge in [0.1, 0.15) is 11.6 Å². The Balaban J connectivity index is 1.62. The Labute approximate surface area is 161 Å². The molecule has 7 nitrogen and oxygen atoms in total. The predicted molar refractivity (Wildman–Crippen MR) is 98.0 cm³/mol. The lowest BCUT2D eigenvalue weighted by Crippen LogP contribution is -2.16. The van der Waals surface area contributed by atoms with Crippen molar-refractivity contribution in [3.63, 3.8) is 0 Å². The summed E-state index contributed by atoms with van der Waals surface area (Å²) in [6.45, 7) is -2.91. The quantitative estimate of drug-likeness (QED) is 0.460. The highest BCUT2D eigenvalue weighted by Crippen LogP contribution is 2.24. The molecule has 28 heavy (non-hydrogen) atoms. The molecule has 1 heterocycles. The largest absolute Gasteiger partial charge is 0.435 e. The van der Waals surface area contributed by atoms with Gasteiger partial charge in [0.15, 0.2) is 5.82 Å². The normalized spacial score (nSPS) is 10.9. The van der Waals surface area contributed by atoms with Crippen LogP contribution in [0.25, 0.3) is 11.4 Å². The summed E-state index contributed by atoms with van der Waals surface area (Å²) < 4.78 is 43.0. The zero-order chi connectivity index (χ0) is 20.1. The van der Waals surface area contributed by atoms with Gasteiger partial charge in [0.05, 0.1) is 5.75 Å². The molecule has 3 rings (SSSR count). The van der Waals surface area contributed by atoms with Crippen LogP contribution in [0.2, 0.25) is 0 Å². The second kappa shape index (κ2) is 8.65. The molecule has 0 aliphatic carbocycles. The zero-order valence-electron chi connectivity index (χ0n) is 14.2. The second-order valence-corrected chi connectivity index (χ2v) is 6.37. The third kappa shape index (κ3) is 4.94. The molecule has 0 saturated heterocycles. The van der Waals surface area contributed by atoms with Crippen LogP contribution < -0.4 is 15.9 Å². The monoisotopic (exact) mass is 409 g/mol. The van der Waals surface area contributed by atoms with E-state index in [1.165, 1.54) is 47.1 Å². The number of hydrogen-bond acceptors (Lipinski definition) is 6. The maximum absolute atomic E-state index is 13.1. The maximum atomic E-state index is 13.1. The molecule has 0 unspecified atom stereocenters. The minimum Gasteiger partial charge on any atom is -0.435 e. The van der Waals surface area contributed by atoms with Crippen molar-refractivity contribution in [2.45, 2.75) is 11.8 Å². The molecular weight excluding hydrogens is 395 g/mol. The summed E-state index contributed by atoms with van der Waals surface area (Å²) in [5.74, 6) is 5.40. The van der Waals surface area contributed by atoms with Crippen molar-refractivity contribution in [1.82, 2.24) is 14.9 Å². The van der Waals surface area contributed by atoms with Crippen LogP contribution in [-0.4, -0.2) is 33.1 Å². The van der Waals surface area contributed by atoms with Crippen molar-refractivity contribution < 1.29 is 22.7 Å². The Hall–Kier alpha value is -3.21. The molecule has 0 aliphatic heterocycles. The number of hydrogen-bond donors (Lipinski definition) is 2. The van der Waals surface area contributed by atoms with Gasteiger partial charge >= 0.3 is 6.61 Å². The number of nitrogens with one attached hydrogen (secondary N) is 1. The molecule has 1 aromatic heterocycles. The molecule has 0 fully saturated rings. The molecule has 0 aliphatic rings. The van der Waals surface area contributed by atoms with Gasteiger partial charge in [-0.1, -0.05) is 17.8 Å². The first-order valence-electron chi connectivity index (χ1n) is 7.86. The maximum Gasteiger partial charge on any atom is 0.387 e. The van der Waals surface area contributed by atoms with Gasteiger partial charge in [0, 0.05) is 11.3 Å². The van der Waals surface area contributed by atoms with Gasteiger partial charge in [0.2, 0.25) is 11.1 Å². The number of rotatable bonds is 7. The SMILES string of the molecule is Nn1c(SCC(=O)Nc2cccc(F)c2)nnc1-c1ccc(OC(F)F)cc1. The van der Waals surface area contributed by atoms with E-state index in [1.807, 2.05) is 0 Å². The minimum atomic E-state index is -2.91. The van der Waals surface area contributed by atoms with E-state index in [0.29, 0.717) is 11.3 Å². The number of benzene rings is 2. The van der Waals surface area contributed by atoms with E-state index in [0.717, 1.165) is 11.8 Å². The highest BCUT2D eigenvalue weighted by atomic mass is 32.2. The number of alkyl halides is 2. The lowest BCUT2D eigenvalue weighted by atomic mass is 10.2. The van der Waals surface area contributed by atoms with Crippen LogP contribution in [0, 0.1) is 5.82 Å². The number of nitrogen functional groups attached to an aromatic ring is 1. The number of anilines is 1. The molecule has 3 N–H and O–H groups in total. The number of nitrogens with zero attached hydrogens (tertiary/aromatic N) is 3. The van der Waals surface area contributed by atoms with Gasteiger partial charge < -0.3 is 15.9 Å². The molecule has 1 amide bonds. The molecule has 0 bridgehead atoms. The number of aromatic nitrogens is 3. The van der Waals surface area contributed by atoms with Crippen LogP contribution >= 0.6 is 11.8 Å². The van der Waals surface area contributed by atoms with Crippen LogP contribution in [0.4, 0.5) is 18.9 Å². The fraction of sp³-hybridized carbons (Fsp3) is 0.118. The summed E-state index contributed by atoms with van der Waals surface area (Å²) in [6, 6.07) is 11.3. The summed E-state index contributed by atoms with van der Waals surface area (Å²) >= 11 is 1.04. The molecule has 11 heteroatoms. The fourth-order valence-electron chi connectivity index (χ4n) is 2.25. The van der Waals surface area contributed by atoms with Crippen molar-refractivity contribution in [3.05, 3.63) is 54.3 Å². The Kier molecular flexibility index (Phi) is 6.04. The van der Waals surface area contributed by atoms with E-state index in [1.54, 1.807) is 6.07 Å². The molecule has 0 radical (unpaired) electrons. The number of carbonyl (C=O) groups excluding carboxylic acids is 1. The first kappa shape index (κ1) is 19.5. The van der Waals surface area contributed by atoms with E-state index >= 15 is 0 Å². The summed E-state index contributed by atoms with van der Waals surface area (Å²) in [5.41, 5.74) is 0.874. The van der Waals surface area contributed by atoms with Crippen LogP contribution in [0.3, 0.4) is 0 Å². The number of thioether (sulfide) groups is 1. The smallest absolute Gasteiger partial charge is 0.387 e. The average Bonchev–Trinajstić information content (AvgIpc) is 3.01. The minimum absolute atomic E-state index is 0.00505. The standard InChI is InChI=1S/C17H14F3N5O2S/c18-11-2-1-3-12(8-11)22-14(26)9-28-17-24-23-15(25(17)21)10-4-6-13(7-5-10)27-16(19)20/h1-8,16H,9,21H2,(H,22,26). The molecule has 0 atom stereocenters. The third-order valence-corrected chi connectivity index (χ3v) is 4.39. The first-order chi connectivity index (χ1) is 13.4. The molecular formula is C17H14F3N5O2S. The van der Waals surface area contributed by atoms with Gasteiger partial charge in [-0.15, -0.1) is 10.2 Å². The van der Waals surface area contributed by atoms with Crippen LogP contribution in [0.15, 0.2) is 53.7 Å². The number of carbonyl (C=O) groups is 1. The zero-order valence-corrected chi connectivity index (χ0v) is 15.0. The highest BCUT2D eigenvalue weighted by Gasteiger charge is 2.14. The van der Waals surface area contributed by atoms with Crippen molar-refractivity contribution >= 4 is 23.4 Å². The Morgan fingerprint density at radius 2 is 1.96 bits per heavy atom. The molecule has 146 valence electrons. The average molecular weight is 409 g/mol. The van der Waals surface area contributed by atoms with Crippen LogP contribution in [-0.2, 0) is 4.79 Å². The number of nitrogens with two attached hydrogens (primary N) is 1. The van der Waals surface area contributed by atoms with Crippen molar-refractivity contribution in [3.8, 4) is 17.1 Å². The van der Waals surface area contributed by atoms with Gasteiger partial charge in [-0.2, -0.15) is 8.78 Å². The van der Waals surface area contributed by atoms with Crippen LogP contribution in [0.1, 0.15) is 0 Å². The van der Waals surface area contributed by atoms with Crippen LogP contribution in [0.5, 0.6) is 5.75 Å². The summed E-state index contributed by atoms with van der Waals surface area (Å²) in [7, 11) is 0. The van der Waals surface area contributed by atoms with Crippen molar-refractivity contribution in [1.29, 1.82) is 0 Å². The number of ether oxygens (including phenoxy) is 1. The van der Waals surface area contributed by atoms with Gasteiger partial charge in [-0.3, -0.25) is 4.79 Å². The molecule has 2 aromatic carbocycles. The highest BCUT2D eigenvalue weighted by molar-refractivity contribution is 7.99. The van der Waals surface area contributed by atoms with E-state index in [2.05, 4.69) is 20.3 Å². The van der Waals surface area contributed by atoms with Crippen molar-refractivity contribution in [2.75, 3.05) is 16.9 Å². The number of halogens is 3. The van der Waals surface area contributed by atoms with E-state index in [-0.39, 0.29) is 28.4 Å². The van der Waals surface area contributed by atoms with E-state index in [9.17, 15) is 18.0 Å².